The van der Waals surface area contributed by atoms with Gasteiger partial charge in [-0.05, 0) is 37.3 Å². The molecule has 2 aromatic rings. The highest BCUT2D eigenvalue weighted by atomic mass is 35.5. The fraction of sp³-hybridized carbons (Fsp3) is 0.278. The van der Waals surface area contributed by atoms with Crippen LogP contribution in [0, 0.1) is 0 Å². The second kappa shape index (κ2) is 7.45. The topological polar surface area (TPSA) is 59.6 Å². The van der Waals surface area contributed by atoms with Gasteiger partial charge in [-0.15, -0.1) is 0 Å². The third kappa shape index (κ3) is 4.11. The molecular formula is C18H19ClN2O3. The van der Waals surface area contributed by atoms with Crippen LogP contribution < -0.4 is 20.1 Å². The first kappa shape index (κ1) is 16.5. The molecule has 1 atom stereocenters. The molecule has 3 rings (SSSR count). The molecule has 1 heterocycles. The van der Waals surface area contributed by atoms with Gasteiger partial charge in [-0.3, -0.25) is 4.79 Å². The second-order valence-corrected chi connectivity index (χ2v) is 6.01. The summed E-state index contributed by atoms with van der Waals surface area (Å²) in [6, 6.07) is 12.2. The minimum Gasteiger partial charge on any atom is -0.490 e. The van der Waals surface area contributed by atoms with E-state index < -0.39 is 6.04 Å². The van der Waals surface area contributed by atoms with Crippen molar-refractivity contribution < 1.29 is 14.3 Å². The first-order valence-corrected chi connectivity index (χ1v) is 8.22. The Morgan fingerprint density at radius 3 is 2.67 bits per heavy atom. The smallest absolute Gasteiger partial charge is 0.246 e. The zero-order chi connectivity index (χ0) is 16.9. The fourth-order valence-electron chi connectivity index (χ4n) is 2.39. The number of carbonyl (C=O) groups excluding carboxylic acids is 1. The number of nitrogens with one attached hydrogen (secondary N) is 2. The van der Waals surface area contributed by atoms with E-state index >= 15 is 0 Å². The van der Waals surface area contributed by atoms with Gasteiger partial charge >= 0.3 is 0 Å². The molecule has 0 saturated carbocycles. The van der Waals surface area contributed by atoms with Gasteiger partial charge in [0.05, 0.1) is 13.2 Å². The van der Waals surface area contributed by atoms with Crippen LogP contribution in [0.15, 0.2) is 42.5 Å². The third-order valence-electron chi connectivity index (χ3n) is 3.62. The summed E-state index contributed by atoms with van der Waals surface area (Å²) in [4.78, 5) is 12.3. The van der Waals surface area contributed by atoms with E-state index in [-0.39, 0.29) is 5.91 Å². The summed E-state index contributed by atoms with van der Waals surface area (Å²) < 4.78 is 11.3. The summed E-state index contributed by atoms with van der Waals surface area (Å²) in [7, 11) is 0. The summed E-state index contributed by atoms with van der Waals surface area (Å²) in [5.74, 6) is 1.28. The average molecular weight is 347 g/mol. The molecule has 0 fully saturated rings. The van der Waals surface area contributed by atoms with Crippen molar-refractivity contribution in [1.82, 2.24) is 0 Å². The molecule has 2 aromatic carbocycles. The molecule has 1 aliphatic rings. The lowest BCUT2D eigenvalue weighted by Crippen LogP contribution is -2.31. The molecular weight excluding hydrogens is 328 g/mol. The highest BCUT2D eigenvalue weighted by Crippen LogP contribution is 2.32. The summed E-state index contributed by atoms with van der Waals surface area (Å²) in [5.41, 5.74) is 1.47. The number of rotatable bonds is 4. The fourth-order valence-corrected chi connectivity index (χ4v) is 2.58. The monoisotopic (exact) mass is 346 g/mol. The average Bonchev–Trinajstić information content (AvgIpc) is 2.79. The number of hydrogen-bond acceptors (Lipinski definition) is 4. The Labute approximate surface area is 145 Å². The van der Waals surface area contributed by atoms with Crippen molar-refractivity contribution in [3.8, 4) is 11.5 Å². The van der Waals surface area contributed by atoms with Crippen LogP contribution in [-0.2, 0) is 4.79 Å². The predicted octanol–water partition coefficient (Wildman–Crippen LogP) is 3.94. The lowest BCUT2D eigenvalue weighted by molar-refractivity contribution is -0.116. The van der Waals surface area contributed by atoms with Crippen LogP contribution in [0.1, 0.15) is 13.3 Å². The molecule has 0 aliphatic carbocycles. The molecule has 0 unspecified atom stereocenters. The molecule has 6 heteroatoms. The van der Waals surface area contributed by atoms with Gasteiger partial charge in [0.2, 0.25) is 5.91 Å². The van der Waals surface area contributed by atoms with Gasteiger partial charge in [-0.2, -0.15) is 0 Å². The molecule has 0 spiro atoms. The Morgan fingerprint density at radius 2 is 1.88 bits per heavy atom. The van der Waals surface area contributed by atoms with Crippen molar-refractivity contribution in [2.45, 2.75) is 19.4 Å². The first-order chi connectivity index (χ1) is 11.6. The van der Waals surface area contributed by atoms with Crippen molar-refractivity contribution in [2.24, 2.45) is 0 Å². The number of anilines is 2. The van der Waals surface area contributed by atoms with Crippen molar-refractivity contribution >= 4 is 28.9 Å². The number of ether oxygens (including phenoxy) is 2. The molecule has 24 heavy (non-hydrogen) atoms. The molecule has 0 aromatic heterocycles. The summed E-state index contributed by atoms with van der Waals surface area (Å²) in [6.45, 7) is 3.07. The predicted molar refractivity (Wildman–Crippen MR) is 95.2 cm³/mol. The van der Waals surface area contributed by atoms with E-state index in [0.717, 1.165) is 17.9 Å². The number of halogens is 1. The first-order valence-electron chi connectivity index (χ1n) is 7.84. The van der Waals surface area contributed by atoms with Gasteiger partial charge in [0, 0.05) is 28.9 Å². The number of fused-ring (bicyclic) bond motifs is 1. The Balaban J connectivity index is 1.64. The van der Waals surface area contributed by atoms with E-state index in [1.54, 1.807) is 31.2 Å². The number of hydrogen-bond donors (Lipinski definition) is 2. The maximum Gasteiger partial charge on any atom is 0.246 e. The van der Waals surface area contributed by atoms with Gasteiger partial charge in [-0.25, -0.2) is 0 Å². The standard InChI is InChI=1S/C18H19ClN2O3/c1-12(18(22)21-14-5-2-4-13(19)10-14)20-15-6-7-16-17(11-15)24-9-3-8-23-16/h2,4-7,10-12,20H,3,8-9H2,1H3,(H,21,22)/t12-/m1/s1. The molecule has 0 bridgehead atoms. The maximum atomic E-state index is 12.3. The largest absolute Gasteiger partial charge is 0.490 e. The summed E-state index contributed by atoms with van der Waals surface area (Å²) in [6.07, 6.45) is 0.857. The van der Waals surface area contributed by atoms with Crippen LogP contribution in [0.4, 0.5) is 11.4 Å². The highest BCUT2D eigenvalue weighted by Gasteiger charge is 2.15. The van der Waals surface area contributed by atoms with Gasteiger partial charge in [0.1, 0.15) is 6.04 Å². The molecule has 2 N–H and O–H groups in total. The van der Waals surface area contributed by atoms with Gasteiger partial charge < -0.3 is 20.1 Å². The SMILES string of the molecule is C[C@@H](Nc1ccc2c(c1)OCCCO2)C(=O)Nc1cccc(Cl)c1. The Hall–Kier alpha value is -2.40. The number of amides is 1. The van der Waals surface area contributed by atoms with E-state index in [9.17, 15) is 4.79 Å². The lowest BCUT2D eigenvalue weighted by atomic mass is 10.2. The molecule has 0 saturated heterocycles. The van der Waals surface area contributed by atoms with Crippen LogP contribution >= 0.6 is 11.6 Å². The number of benzene rings is 2. The zero-order valence-electron chi connectivity index (χ0n) is 13.3. The Bertz CT molecular complexity index is 736. The normalized spacial score (nSPS) is 14.4. The molecule has 1 aliphatic heterocycles. The summed E-state index contributed by atoms with van der Waals surface area (Å²) >= 11 is 5.93. The van der Waals surface area contributed by atoms with Crippen LogP contribution in [0.3, 0.4) is 0 Å². The zero-order valence-corrected chi connectivity index (χ0v) is 14.1. The minimum absolute atomic E-state index is 0.149. The van der Waals surface area contributed by atoms with Crippen molar-refractivity contribution in [3.63, 3.8) is 0 Å². The van der Waals surface area contributed by atoms with Crippen molar-refractivity contribution in [1.29, 1.82) is 0 Å². The van der Waals surface area contributed by atoms with E-state index in [2.05, 4.69) is 10.6 Å². The second-order valence-electron chi connectivity index (χ2n) is 5.58. The number of carbonyl (C=O) groups is 1. The third-order valence-corrected chi connectivity index (χ3v) is 3.85. The Morgan fingerprint density at radius 1 is 1.08 bits per heavy atom. The quantitative estimate of drug-likeness (QED) is 0.880. The molecule has 5 nitrogen and oxygen atoms in total. The van der Waals surface area contributed by atoms with E-state index in [4.69, 9.17) is 21.1 Å². The lowest BCUT2D eigenvalue weighted by Gasteiger charge is -2.17. The van der Waals surface area contributed by atoms with Crippen LogP contribution in [0.25, 0.3) is 0 Å². The molecule has 126 valence electrons. The summed E-state index contributed by atoms with van der Waals surface area (Å²) in [5, 5.41) is 6.58. The van der Waals surface area contributed by atoms with E-state index in [1.807, 2.05) is 18.2 Å². The van der Waals surface area contributed by atoms with Crippen LogP contribution in [0.2, 0.25) is 5.02 Å². The Kier molecular flexibility index (Phi) is 5.11. The van der Waals surface area contributed by atoms with Crippen LogP contribution in [0.5, 0.6) is 11.5 Å². The van der Waals surface area contributed by atoms with Gasteiger partial charge in [-0.1, -0.05) is 17.7 Å². The van der Waals surface area contributed by atoms with Crippen LogP contribution in [-0.4, -0.2) is 25.2 Å². The minimum atomic E-state index is -0.422. The van der Waals surface area contributed by atoms with Crippen molar-refractivity contribution in [2.75, 3.05) is 23.8 Å². The van der Waals surface area contributed by atoms with E-state index in [1.165, 1.54) is 0 Å². The van der Waals surface area contributed by atoms with Crippen molar-refractivity contribution in [3.05, 3.63) is 47.5 Å². The molecule has 1 amide bonds. The van der Waals surface area contributed by atoms with E-state index in [0.29, 0.717) is 29.7 Å². The van der Waals surface area contributed by atoms with Gasteiger partial charge in [0.15, 0.2) is 11.5 Å². The maximum absolute atomic E-state index is 12.3. The highest BCUT2D eigenvalue weighted by molar-refractivity contribution is 6.30. The molecule has 0 radical (unpaired) electrons. The van der Waals surface area contributed by atoms with Gasteiger partial charge in [0.25, 0.3) is 0 Å².